The van der Waals surface area contributed by atoms with Crippen molar-refractivity contribution in [3.05, 3.63) is 77.5 Å². The van der Waals surface area contributed by atoms with Gasteiger partial charge in [0.15, 0.2) is 11.6 Å². The summed E-state index contributed by atoms with van der Waals surface area (Å²) >= 11 is 0. The summed E-state index contributed by atoms with van der Waals surface area (Å²) in [7, 11) is 1.52. The minimum Gasteiger partial charge on any atom is -0.497 e. The van der Waals surface area contributed by atoms with Gasteiger partial charge in [0.1, 0.15) is 17.4 Å². The summed E-state index contributed by atoms with van der Waals surface area (Å²) in [6.45, 7) is 0. The van der Waals surface area contributed by atoms with Gasteiger partial charge in [0, 0.05) is 29.6 Å². The molecule has 0 amide bonds. The van der Waals surface area contributed by atoms with Crippen LogP contribution in [0.15, 0.2) is 59.7 Å². The van der Waals surface area contributed by atoms with Crippen molar-refractivity contribution in [1.29, 1.82) is 0 Å². The van der Waals surface area contributed by atoms with E-state index in [-0.39, 0.29) is 5.78 Å². The van der Waals surface area contributed by atoms with Crippen LogP contribution in [0, 0.1) is 11.6 Å². The number of hydrogen-bond acceptors (Lipinski definition) is 4. The monoisotopic (exact) mass is 364 g/mol. The molecule has 1 unspecified atom stereocenters. The second-order valence-electron chi connectivity index (χ2n) is 6.11. The van der Waals surface area contributed by atoms with E-state index < -0.39 is 17.6 Å². The van der Waals surface area contributed by atoms with E-state index in [0.717, 1.165) is 6.07 Å². The van der Waals surface area contributed by atoms with Gasteiger partial charge in [0.05, 0.1) is 13.0 Å². The zero-order valence-electron chi connectivity index (χ0n) is 14.3. The van der Waals surface area contributed by atoms with Gasteiger partial charge >= 0.3 is 0 Å². The van der Waals surface area contributed by atoms with E-state index in [0.29, 0.717) is 33.8 Å². The van der Waals surface area contributed by atoms with Crippen LogP contribution in [0.1, 0.15) is 21.8 Å². The number of ketones is 1. The molecule has 134 valence electrons. The van der Waals surface area contributed by atoms with Crippen molar-refractivity contribution in [3.8, 4) is 16.9 Å². The minimum atomic E-state index is -0.692. The number of rotatable bonds is 4. The third-order valence-electron chi connectivity index (χ3n) is 4.44. The number of hydrogen-bond donors (Lipinski definition) is 0. The number of aliphatic imine (C=N–C) groups is 1. The van der Waals surface area contributed by atoms with Crippen molar-refractivity contribution in [3.63, 3.8) is 0 Å². The van der Waals surface area contributed by atoms with E-state index in [1.54, 1.807) is 30.3 Å². The predicted octanol–water partition coefficient (Wildman–Crippen LogP) is 4.72. The van der Waals surface area contributed by atoms with Gasteiger partial charge in [-0.3, -0.25) is 4.79 Å². The Morgan fingerprint density at radius 3 is 2.59 bits per heavy atom. The van der Waals surface area contributed by atoms with Crippen molar-refractivity contribution < 1.29 is 18.3 Å². The normalized spacial score (nSPS) is 14.9. The SMILES string of the molecule is COc1cccc(C(=O)C2C=Nc3nccc(-c4cc(F)cc(F)c4)c32)c1. The van der Waals surface area contributed by atoms with Crippen LogP contribution in [0.25, 0.3) is 11.1 Å². The molecule has 3 aromatic rings. The second kappa shape index (κ2) is 6.72. The Balaban J connectivity index is 1.81. The van der Waals surface area contributed by atoms with Gasteiger partial charge in [-0.1, -0.05) is 12.1 Å². The van der Waals surface area contributed by atoms with Crippen molar-refractivity contribution in [2.75, 3.05) is 7.11 Å². The first-order chi connectivity index (χ1) is 13.1. The third kappa shape index (κ3) is 3.10. The molecule has 0 bridgehead atoms. The van der Waals surface area contributed by atoms with E-state index in [4.69, 9.17) is 4.74 Å². The van der Waals surface area contributed by atoms with Crippen LogP contribution in [0.5, 0.6) is 5.75 Å². The number of nitrogens with zero attached hydrogens (tertiary/aromatic N) is 2. The smallest absolute Gasteiger partial charge is 0.175 e. The predicted molar refractivity (Wildman–Crippen MR) is 97.8 cm³/mol. The standard InChI is InChI=1S/C21H14F2N2O2/c1-27-16-4-2-3-12(9-16)20(26)18-11-25-21-19(18)17(5-6-24-21)13-7-14(22)10-15(23)8-13/h2-11,18H,1H3. The number of methoxy groups -OCH3 is 1. The molecular weight excluding hydrogens is 350 g/mol. The first-order valence-electron chi connectivity index (χ1n) is 8.24. The molecule has 0 saturated heterocycles. The zero-order chi connectivity index (χ0) is 19.0. The Morgan fingerprint density at radius 1 is 1.07 bits per heavy atom. The first-order valence-corrected chi connectivity index (χ1v) is 8.24. The summed E-state index contributed by atoms with van der Waals surface area (Å²) in [5.74, 6) is -1.33. The van der Waals surface area contributed by atoms with Crippen molar-refractivity contribution in [2.24, 2.45) is 4.99 Å². The van der Waals surface area contributed by atoms with Gasteiger partial charge in [-0.2, -0.15) is 0 Å². The number of pyridine rings is 1. The van der Waals surface area contributed by atoms with Crippen LogP contribution < -0.4 is 4.74 Å². The summed E-state index contributed by atoms with van der Waals surface area (Å²) in [6.07, 6.45) is 3.02. The van der Waals surface area contributed by atoms with Crippen molar-refractivity contribution >= 4 is 17.8 Å². The molecule has 6 heteroatoms. The number of carbonyl (C=O) groups excluding carboxylic acids is 1. The molecule has 0 radical (unpaired) electrons. The molecule has 1 aromatic heterocycles. The highest BCUT2D eigenvalue weighted by molar-refractivity contribution is 6.14. The van der Waals surface area contributed by atoms with Crippen LogP contribution in [0.4, 0.5) is 14.6 Å². The number of aromatic nitrogens is 1. The van der Waals surface area contributed by atoms with E-state index >= 15 is 0 Å². The summed E-state index contributed by atoms with van der Waals surface area (Å²) in [5, 5.41) is 0. The largest absolute Gasteiger partial charge is 0.497 e. The maximum absolute atomic E-state index is 13.7. The van der Waals surface area contributed by atoms with Crippen LogP contribution in [-0.4, -0.2) is 24.1 Å². The molecule has 1 aliphatic rings. The summed E-state index contributed by atoms with van der Waals surface area (Å²) in [6, 6.07) is 11.7. The Hall–Kier alpha value is -3.41. The van der Waals surface area contributed by atoms with Gasteiger partial charge in [-0.25, -0.2) is 18.8 Å². The second-order valence-corrected chi connectivity index (χ2v) is 6.11. The fourth-order valence-corrected chi connectivity index (χ4v) is 3.21. The molecule has 2 heterocycles. The lowest BCUT2D eigenvalue weighted by atomic mass is 9.88. The van der Waals surface area contributed by atoms with Crippen molar-refractivity contribution in [1.82, 2.24) is 4.98 Å². The highest BCUT2D eigenvalue weighted by Crippen LogP contribution is 2.40. The maximum Gasteiger partial charge on any atom is 0.175 e. The lowest BCUT2D eigenvalue weighted by molar-refractivity contribution is 0.0984. The molecule has 0 spiro atoms. The highest BCUT2D eigenvalue weighted by atomic mass is 19.1. The van der Waals surface area contributed by atoms with Gasteiger partial charge < -0.3 is 4.74 Å². The number of halogens is 2. The van der Waals surface area contributed by atoms with E-state index in [1.165, 1.54) is 31.7 Å². The molecule has 0 aliphatic carbocycles. The zero-order valence-corrected chi connectivity index (χ0v) is 14.3. The molecule has 1 atom stereocenters. The Kier molecular flexibility index (Phi) is 4.24. The Morgan fingerprint density at radius 2 is 1.85 bits per heavy atom. The molecule has 0 fully saturated rings. The first kappa shape index (κ1) is 17.0. The number of carbonyl (C=O) groups is 1. The molecule has 27 heavy (non-hydrogen) atoms. The van der Waals surface area contributed by atoms with Crippen LogP contribution in [0.3, 0.4) is 0 Å². The molecule has 2 aromatic carbocycles. The molecule has 0 N–H and O–H groups in total. The van der Waals surface area contributed by atoms with Gasteiger partial charge in [0.2, 0.25) is 0 Å². The lowest BCUT2D eigenvalue weighted by Gasteiger charge is -2.14. The Bertz CT molecular complexity index is 1060. The average molecular weight is 364 g/mol. The van der Waals surface area contributed by atoms with E-state index in [9.17, 15) is 13.6 Å². The minimum absolute atomic E-state index is 0.192. The Labute approximate surface area is 154 Å². The third-order valence-corrected chi connectivity index (χ3v) is 4.44. The van der Waals surface area contributed by atoms with Gasteiger partial charge in [-0.15, -0.1) is 0 Å². The highest BCUT2D eigenvalue weighted by Gasteiger charge is 2.31. The molecule has 0 saturated carbocycles. The average Bonchev–Trinajstić information content (AvgIpc) is 3.11. The van der Waals surface area contributed by atoms with Crippen LogP contribution in [0.2, 0.25) is 0 Å². The topological polar surface area (TPSA) is 51.5 Å². The molecule has 4 rings (SSSR count). The summed E-state index contributed by atoms with van der Waals surface area (Å²) in [4.78, 5) is 21.5. The lowest BCUT2D eigenvalue weighted by Crippen LogP contribution is -2.13. The molecular formula is C21H14F2N2O2. The fraction of sp³-hybridized carbons (Fsp3) is 0.0952. The molecule has 4 nitrogen and oxygen atoms in total. The number of ether oxygens (including phenoxy) is 1. The van der Waals surface area contributed by atoms with Gasteiger partial charge in [-0.05, 0) is 41.5 Å². The summed E-state index contributed by atoms with van der Waals surface area (Å²) < 4.78 is 32.6. The number of Topliss-reactive ketones (excluding diaryl/α,β-unsaturated/α-hetero) is 1. The van der Waals surface area contributed by atoms with Crippen LogP contribution in [-0.2, 0) is 0 Å². The van der Waals surface area contributed by atoms with Crippen molar-refractivity contribution in [2.45, 2.75) is 5.92 Å². The fourth-order valence-electron chi connectivity index (χ4n) is 3.21. The maximum atomic E-state index is 13.7. The molecule has 1 aliphatic heterocycles. The van der Waals surface area contributed by atoms with E-state index in [1.807, 2.05) is 0 Å². The summed E-state index contributed by atoms with van der Waals surface area (Å²) in [5.41, 5.74) is 1.85. The van der Waals surface area contributed by atoms with Crippen LogP contribution >= 0.6 is 0 Å². The van der Waals surface area contributed by atoms with E-state index in [2.05, 4.69) is 9.98 Å². The number of benzene rings is 2. The van der Waals surface area contributed by atoms with Gasteiger partial charge in [0.25, 0.3) is 0 Å². The quantitative estimate of drug-likeness (QED) is 0.630. The number of fused-ring (bicyclic) bond motifs is 1.